The molecule has 0 amide bonds. The highest BCUT2D eigenvalue weighted by molar-refractivity contribution is 6.50. The molecule has 0 aliphatic carbocycles. The molecule has 1 rings (SSSR count). The van der Waals surface area contributed by atoms with Gasteiger partial charge in [0.05, 0.1) is 0 Å². The van der Waals surface area contributed by atoms with E-state index in [1.54, 1.807) is 18.5 Å². The van der Waals surface area contributed by atoms with Crippen LogP contribution in [0.25, 0.3) is 0 Å². The molecule has 1 nitrogen and oxygen atoms in total. The first-order chi connectivity index (χ1) is 3.71. The zero-order valence-corrected chi connectivity index (χ0v) is 5.65. The van der Waals surface area contributed by atoms with Crippen molar-refractivity contribution < 1.29 is 0 Å². The van der Waals surface area contributed by atoms with Gasteiger partial charge in [0.1, 0.15) is 4.33 Å². The molecule has 0 spiro atoms. The number of aliphatic imine (C=N–C) groups is 1. The topological polar surface area (TPSA) is 12.4 Å². The molecule has 8 heavy (non-hydrogen) atoms. The van der Waals surface area contributed by atoms with Gasteiger partial charge in [-0.05, 0) is 6.08 Å². The molecule has 0 N–H and O–H groups in total. The van der Waals surface area contributed by atoms with Crippen molar-refractivity contribution in [3.8, 4) is 0 Å². The number of alkyl halides is 2. The van der Waals surface area contributed by atoms with Gasteiger partial charge in [-0.1, -0.05) is 23.2 Å². The van der Waals surface area contributed by atoms with Crippen LogP contribution >= 0.6 is 23.2 Å². The van der Waals surface area contributed by atoms with Gasteiger partial charge in [-0.3, -0.25) is 4.99 Å². The van der Waals surface area contributed by atoms with Gasteiger partial charge >= 0.3 is 0 Å². The SMILES string of the molecule is ClC1(Cl)C=CN=CC1. The number of nitrogens with zero attached hydrogens (tertiary/aromatic N) is 1. The Kier molecular flexibility index (Phi) is 1.59. The van der Waals surface area contributed by atoms with Crippen LogP contribution in [0.2, 0.25) is 0 Å². The fourth-order valence-electron chi connectivity index (χ4n) is 0.455. The number of hydrogen-bond acceptors (Lipinski definition) is 1. The third kappa shape index (κ3) is 1.49. The van der Waals surface area contributed by atoms with Crippen LogP contribution < -0.4 is 0 Å². The maximum atomic E-state index is 5.66. The van der Waals surface area contributed by atoms with Crippen LogP contribution in [-0.4, -0.2) is 10.5 Å². The Bertz CT molecular complexity index is 137. The zero-order valence-electron chi connectivity index (χ0n) is 4.14. The first kappa shape index (κ1) is 6.12. The first-order valence-corrected chi connectivity index (χ1v) is 3.03. The van der Waals surface area contributed by atoms with Gasteiger partial charge in [-0.2, -0.15) is 0 Å². The number of halogens is 2. The van der Waals surface area contributed by atoms with Gasteiger partial charge in [0.2, 0.25) is 0 Å². The minimum Gasteiger partial charge on any atom is -0.269 e. The second kappa shape index (κ2) is 2.08. The Morgan fingerprint density at radius 3 is 2.50 bits per heavy atom. The van der Waals surface area contributed by atoms with Gasteiger partial charge in [-0.15, -0.1) is 0 Å². The summed E-state index contributed by atoms with van der Waals surface area (Å²) in [5.74, 6) is 0. The largest absolute Gasteiger partial charge is 0.269 e. The lowest BCUT2D eigenvalue weighted by molar-refractivity contribution is 1.00. The zero-order chi connectivity index (χ0) is 6.04. The summed E-state index contributed by atoms with van der Waals surface area (Å²) in [6, 6.07) is 0. The fourth-order valence-corrected chi connectivity index (χ4v) is 0.706. The van der Waals surface area contributed by atoms with Crippen LogP contribution in [0, 0.1) is 0 Å². The smallest absolute Gasteiger partial charge is 0.143 e. The van der Waals surface area contributed by atoms with Crippen LogP contribution in [0.4, 0.5) is 0 Å². The molecule has 0 saturated heterocycles. The van der Waals surface area contributed by atoms with E-state index in [-0.39, 0.29) is 0 Å². The van der Waals surface area contributed by atoms with Crippen molar-refractivity contribution in [2.45, 2.75) is 10.8 Å². The summed E-state index contributed by atoms with van der Waals surface area (Å²) in [6.45, 7) is 0. The lowest BCUT2D eigenvalue weighted by Crippen LogP contribution is -2.10. The average Bonchev–Trinajstić information content (AvgIpc) is 1.65. The van der Waals surface area contributed by atoms with Crippen LogP contribution in [0.15, 0.2) is 17.3 Å². The van der Waals surface area contributed by atoms with Crippen LogP contribution in [-0.2, 0) is 0 Å². The molecule has 0 radical (unpaired) electrons. The second-order valence-corrected chi connectivity index (χ2v) is 3.15. The minimum atomic E-state index is -0.707. The molecule has 0 unspecified atom stereocenters. The molecule has 0 saturated carbocycles. The Labute approximate surface area is 58.0 Å². The normalized spacial score (nSPS) is 23.8. The average molecular weight is 150 g/mol. The Balaban J connectivity index is 2.65. The Morgan fingerprint density at radius 1 is 1.50 bits per heavy atom. The van der Waals surface area contributed by atoms with E-state index in [9.17, 15) is 0 Å². The van der Waals surface area contributed by atoms with E-state index in [1.165, 1.54) is 0 Å². The van der Waals surface area contributed by atoms with Crippen molar-refractivity contribution >= 4 is 29.4 Å². The summed E-state index contributed by atoms with van der Waals surface area (Å²) in [4.78, 5) is 3.80. The highest BCUT2D eigenvalue weighted by atomic mass is 35.5. The number of rotatable bonds is 0. The Hall–Kier alpha value is -0.0100. The molecule has 0 bridgehead atoms. The summed E-state index contributed by atoms with van der Waals surface area (Å²) >= 11 is 11.3. The molecular weight excluding hydrogens is 145 g/mol. The molecule has 0 aromatic heterocycles. The van der Waals surface area contributed by atoms with Crippen molar-refractivity contribution in [1.82, 2.24) is 0 Å². The Morgan fingerprint density at radius 2 is 2.25 bits per heavy atom. The molecule has 0 aromatic rings. The van der Waals surface area contributed by atoms with Crippen LogP contribution in [0.1, 0.15) is 6.42 Å². The summed E-state index contributed by atoms with van der Waals surface area (Å²) in [6.07, 6.45) is 5.56. The molecule has 1 aliphatic rings. The first-order valence-electron chi connectivity index (χ1n) is 2.28. The lowest BCUT2D eigenvalue weighted by atomic mass is 10.3. The maximum absolute atomic E-state index is 5.66. The van der Waals surface area contributed by atoms with E-state index in [0.29, 0.717) is 6.42 Å². The van der Waals surface area contributed by atoms with Crippen molar-refractivity contribution in [3.63, 3.8) is 0 Å². The van der Waals surface area contributed by atoms with Crippen molar-refractivity contribution in [1.29, 1.82) is 0 Å². The molecule has 44 valence electrons. The standard InChI is InChI=1S/C5H5Cl2N/c6-5(7)1-3-8-4-2-5/h1,3-4H,2H2. The summed E-state index contributed by atoms with van der Waals surface area (Å²) in [7, 11) is 0. The minimum absolute atomic E-state index is 0.604. The third-order valence-corrected chi connectivity index (χ3v) is 1.43. The lowest BCUT2D eigenvalue weighted by Gasteiger charge is -2.12. The van der Waals surface area contributed by atoms with E-state index in [2.05, 4.69) is 4.99 Å². The van der Waals surface area contributed by atoms with Crippen LogP contribution in [0.3, 0.4) is 0 Å². The summed E-state index contributed by atoms with van der Waals surface area (Å²) in [5.41, 5.74) is 0. The van der Waals surface area contributed by atoms with Crippen molar-refractivity contribution in [2.24, 2.45) is 4.99 Å². The maximum Gasteiger partial charge on any atom is 0.143 e. The van der Waals surface area contributed by atoms with Gasteiger partial charge < -0.3 is 0 Å². The van der Waals surface area contributed by atoms with E-state index in [1.807, 2.05) is 0 Å². The highest BCUT2D eigenvalue weighted by Crippen LogP contribution is 2.27. The molecule has 3 heteroatoms. The molecule has 0 atom stereocenters. The third-order valence-electron chi connectivity index (χ3n) is 0.873. The van der Waals surface area contributed by atoms with E-state index >= 15 is 0 Å². The van der Waals surface area contributed by atoms with Gasteiger partial charge in [0, 0.05) is 18.8 Å². The van der Waals surface area contributed by atoms with Crippen molar-refractivity contribution in [3.05, 3.63) is 12.3 Å². The monoisotopic (exact) mass is 149 g/mol. The second-order valence-electron chi connectivity index (χ2n) is 1.61. The van der Waals surface area contributed by atoms with Gasteiger partial charge in [0.15, 0.2) is 0 Å². The molecular formula is C5H5Cl2N. The quantitative estimate of drug-likeness (QED) is 0.469. The van der Waals surface area contributed by atoms with E-state index in [4.69, 9.17) is 23.2 Å². The molecule has 1 aliphatic heterocycles. The van der Waals surface area contributed by atoms with E-state index in [0.717, 1.165) is 0 Å². The van der Waals surface area contributed by atoms with Gasteiger partial charge in [0.25, 0.3) is 0 Å². The predicted molar refractivity (Wildman–Crippen MR) is 36.7 cm³/mol. The summed E-state index contributed by atoms with van der Waals surface area (Å²) in [5, 5.41) is 0. The van der Waals surface area contributed by atoms with Crippen molar-refractivity contribution in [2.75, 3.05) is 0 Å². The summed E-state index contributed by atoms with van der Waals surface area (Å²) < 4.78 is -0.707. The molecule has 1 heterocycles. The highest BCUT2D eigenvalue weighted by Gasteiger charge is 2.19. The van der Waals surface area contributed by atoms with Gasteiger partial charge in [-0.25, -0.2) is 0 Å². The molecule has 0 aromatic carbocycles. The van der Waals surface area contributed by atoms with Crippen LogP contribution in [0.5, 0.6) is 0 Å². The molecule has 0 fully saturated rings. The van der Waals surface area contributed by atoms with E-state index < -0.39 is 4.33 Å². The number of hydrogen-bond donors (Lipinski definition) is 0. The predicted octanol–water partition coefficient (Wildman–Crippen LogP) is 2.15. The fraction of sp³-hybridized carbons (Fsp3) is 0.400. The number of allylic oxidation sites excluding steroid dienone is 1.